The number of aliphatic hydroxyl groups excluding tert-OH is 1. The van der Waals surface area contributed by atoms with Crippen molar-refractivity contribution in [3.8, 4) is 11.5 Å². The summed E-state index contributed by atoms with van der Waals surface area (Å²) in [4.78, 5) is 2.47. The molecule has 4 aliphatic rings. The SMILES string of the molecule is COc1ccc2c3c1O[C@H]1C(O)C=C[C@H]4C(C2)N(C)CC[C@@]341. The second-order valence-electron chi connectivity index (χ2n) is 7.11. The second-order valence-corrected chi connectivity index (χ2v) is 7.11. The summed E-state index contributed by atoms with van der Waals surface area (Å²) in [6.45, 7) is 1.05. The zero-order valence-corrected chi connectivity index (χ0v) is 13.0. The number of hydrogen-bond donors (Lipinski definition) is 1. The minimum Gasteiger partial charge on any atom is -0.493 e. The van der Waals surface area contributed by atoms with Gasteiger partial charge in [0.2, 0.25) is 0 Å². The molecule has 2 heterocycles. The van der Waals surface area contributed by atoms with Crippen molar-refractivity contribution in [2.75, 3.05) is 20.7 Å². The third-order valence-electron chi connectivity index (χ3n) is 6.35. The first-order chi connectivity index (χ1) is 10.7. The molecule has 5 rings (SSSR count). The Morgan fingerprint density at radius 1 is 1.36 bits per heavy atom. The van der Waals surface area contributed by atoms with Gasteiger partial charge in [0.05, 0.1) is 7.11 Å². The zero-order valence-electron chi connectivity index (χ0n) is 13.0. The molecule has 2 bridgehead atoms. The maximum atomic E-state index is 10.6. The highest BCUT2D eigenvalue weighted by atomic mass is 16.5. The molecular formula is C18H21NO3. The molecule has 5 atom stereocenters. The first kappa shape index (κ1) is 13.0. The summed E-state index contributed by atoms with van der Waals surface area (Å²) < 4.78 is 11.8. The van der Waals surface area contributed by atoms with Gasteiger partial charge in [0, 0.05) is 22.9 Å². The van der Waals surface area contributed by atoms with Crippen LogP contribution in [0.2, 0.25) is 0 Å². The highest BCUT2D eigenvalue weighted by molar-refractivity contribution is 5.62. The molecule has 0 saturated carbocycles. The lowest BCUT2D eigenvalue weighted by Gasteiger charge is -2.56. The van der Waals surface area contributed by atoms with Crippen LogP contribution in [0.15, 0.2) is 24.3 Å². The Hall–Kier alpha value is -1.52. The molecule has 116 valence electrons. The van der Waals surface area contributed by atoms with Gasteiger partial charge in [-0.25, -0.2) is 0 Å². The van der Waals surface area contributed by atoms with Gasteiger partial charge in [-0.05, 0) is 38.1 Å². The number of ether oxygens (including phenoxy) is 2. The van der Waals surface area contributed by atoms with Crippen molar-refractivity contribution in [1.82, 2.24) is 4.90 Å². The van der Waals surface area contributed by atoms with Crippen LogP contribution >= 0.6 is 0 Å². The summed E-state index contributed by atoms with van der Waals surface area (Å²) in [6, 6.07) is 4.70. The summed E-state index contributed by atoms with van der Waals surface area (Å²) in [7, 11) is 3.91. The fraction of sp³-hybridized carbons (Fsp3) is 0.556. The number of piperidine rings is 1. The van der Waals surface area contributed by atoms with E-state index >= 15 is 0 Å². The van der Waals surface area contributed by atoms with E-state index in [2.05, 4.69) is 24.1 Å². The lowest BCUT2D eigenvalue weighted by Crippen LogP contribution is -2.64. The van der Waals surface area contributed by atoms with Crippen LogP contribution in [0.25, 0.3) is 0 Å². The number of rotatable bonds is 1. The monoisotopic (exact) mass is 299 g/mol. The topological polar surface area (TPSA) is 41.9 Å². The van der Waals surface area contributed by atoms with Crippen LogP contribution in [-0.4, -0.2) is 49.0 Å². The van der Waals surface area contributed by atoms with E-state index in [9.17, 15) is 5.11 Å². The fourth-order valence-corrected chi connectivity index (χ4v) is 5.39. The molecule has 1 aromatic rings. The van der Waals surface area contributed by atoms with Crippen molar-refractivity contribution in [3.05, 3.63) is 35.4 Å². The van der Waals surface area contributed by atoms with Gasteiger partial charge in [-0.15, -0.1) is 0 Å². The van der Waals surface area contributed by atoms with Crippen LogP contribution in [0.3, 0.4) is 0 Å². The van der Waals surface area contributed by atoms with Crippen LogP contribution in [0.4, 0.5) is 0 Å². The third kappa shape index (κ3) is 1.28. The summed E-state index contributed by atoms with van der Waals surface area (Å²) in [5.74, 6) is 2.09. The average molecular weight is 299 g/mol. The van der Waals surface area contributed by atoms with Gasteiger partial charge in [-0.3, -0.25) is 0 Å². The number of benzene rings is 1. The van der Waals surface area contributed by atoms with Crippen molar-refractivity contribution in [1.29, 1.82) is 0 Å². The predicted molar refractivity (Wildman–Crippen MR) is 82.5 cm³/mol. The lowest BCUT2D eigenvalue weighted by molar-refractivity contribution is -0.0453. The van der Waals surface area contributed by atoms with Crippen molar-refractivity contribution in [2.45, 2.75) is 36.5 Å². The Labute approximate surface area is 130 Å². The van der Waals surface area contributed by atoms with E-state index < -0.39 is 6.10 Å². The standard InChI is InChI=1S/C18H21NO3/c1-19-8-7-18-11-4-5-13(20)17(18)22-16-14(21-2)6-3-10(15(16)18)9-12(11)19/h3-6,11-13,17,20H,7-9H2,1-2H3/t11-,12?,13?,17-,18-/m0/s1. The van der Waals surface area contributed by atoms with Gasteiger partial charge in [-0.1, -0.05) is 18.2 Å². The van der Waals surface area contributed by atoms with E-state index in [1.54, 1.807) is 7.11 Å². The predicted octanol–water partition coefficient (Wildman–Crippen LogP) is 1.50. The molecule has 2 unspecified atom stereocenters. The van der Waals surface area contributed by atoms with E-state index in [0.717, 1.165) is 30.9 Å². The molecule has 4 nitrogen and oxygen atoms in total. The number of likely N-dealkylation sites (tertiary alicyclic amines) is 1. The van der Waals surface area contributed by atoms with Gasteiger partial charge < -0.3 is 19.5 Å². The molecule has 1 aromatic carbocycles. The molecule has 1 saturated heterocycles. The Balaban J connectivity index is 1.82. The maximum absolute atomic E-state index is 10.6. The largest absolute Gasteiger partial charge is 0.493 e. The van der Waals surface area contributed by atoms with Gasteiger partial charge in [0.25, 0.3) is 0 Å². The van der Waals surface area contributed by atoms with E-state index in [1.807, 2.05) is 12.1 Å². The fourth-order valence-electron chi connectivity index (χ4n) is 5.39. The molecule has 0 aromatic heterocycles. The summed E-state index contributed by atoms with van der Waals surface area (Å²) >= 11 is 0. The Morgan fingerprint density at radius 2 is 2.23 bits per heavy atom. The first-order valence-corrected chi connectivity index (χ1v) is 8.10. The molecule has 1 fully saturated rings. The summed E-state index contributed by atoms with van der Waals surface area (Å²) in [6.07, 6.45) is 5.54. The minimum atomic E-state index is -0.539. The minimum absolute atomic E-state index is 0.0806. The maximum Gasteiger partial charge on any atom is 0.165 e. The van der Waals surface area contributed by atoms with Gasteiger partial charge in [0.1, 0.15) is 12.2 Å². The van der Waals surface area contributed by atoms with Gasteiger partial charge in [0.15, 0.2) is 11.5 Å². The molecule has 22 heavy (non-hydrogen) atoms. The molecule has 2 aliphatic carbocycles. The molecule has 2 aliphatic heterocycles. The lowest BCUT2D eigenvalue weighted by atomic mass is 9.53. The molecule has 1 spiro atoms. The van der Waals surface area contributed by atoms with Gasteiger partial charge in [-0.2, -0.15) is 0 Å². The first-order valence-electron chi connectivity index (χ1n) is 8.10. The highest BCUT2D eigenvalue weighted by Gasteiger charge is 2.64. The van der Waals surface area contributed by atoms with Crippen molar-refractivity contribution in [3.63, 3.8) is 0 Å². The number of likely N-dealkylation sites (N-methyl/N-ethyl adjacent to an activating group) is 1. The van der Waals surface area contributed by atoms with Crippen LogP contribution in [0.5, 0.6) is 11.5 Å². The van der Waals surface area contributed by atoms with E-state index in [4.69, 9.17) is 9.47 Å². The number of hydrogen-bond acceptors (Lipinski definition) is 4. The second kappa shape index (κ2) is 4.06. The quantitative estimate of drug-likeness (QED) is 0.798. The van der Waals surface area contributed by atoms with Crippen LogP contribution in [0.1, 0.15) is 17.5 Å². The Bertz CT molecular complexity index is 685. The number of aliphatic hydroxyl groups is 1. The van der Waals surface area contributed by atoms with Crippen LogP contribution < -0.4 is 9.47 Å². The van der Waals surface area contributed by atoms with Crippen molar-refractivity contribution < 1.29 is 14.6 Å². The van der Waals surface area contributed by atoms with Crippen molar-refractivity contribution in [2.24, 2.45) is 5.92 Å². The Kier molecular flexibility index (Phi) is 2.39. The summed E-state index contributed by atoms with van der Waals surface area (Å²) in [5.41, 5.74) is 2.60. The van der Waals surface area contributed by atoms with Crippen LogP contribution in [-0.2, 0) is 11.8 Å². The number of nitrogens with zero attached hydrogens (tertiary/aromatic N) is 1. The summed E-state index contributed by atoms with van der Waals surface area (Å²) in [5, 5.41) is 10.6. The van der Waals surface area contributed by atoms with E-state index in [1.165, 1.54) is 11.1 Å². The number of methoxy groups -OCH3 is 1. The molecular weight excluding hydrogens is 278 g/mol. The average Bonchev–Trinajstić information content (AvgIpc) is 2.88. The van der Waals surface area contributed by atoms with Crippen LogP contribution in [0, 0.1) is 5.92 Å². The van der Waals surface area contributed by atoms with Gasteiger partial charge >= 0.3 is 0 Å². The Morgan fingerprint density at radius 3 is 3.05 bits per heavy atom. The normalized spacial score (nSPS) is 41.0. The zero-order chi connectivity index (χ0) is 15.1. The van der Waals surface area contributed by atoms with E-state index in [0.29, 0.717) is 12.0 Å². The third-order valence-corrected chi connectivity index (χ3v) is 6.35. The van der Waals surface area contributed by atoms with E-state index in [-0.39, 0.29) is 11.5 Å². The highest BCUT2D eigenvalue weighted by Crippen LogP contribution is 2.62. The molecule has 1 N–H and O–H groups in total. The smallest absolute Gasteiger partial charge is 0.165 e. The van der Waals surface area contributed by atoms with Crippen molar-refractivity contribution >= 4 is 0 Å². The molecule has 0 radical (unpaired) electrons. The molecule has 0 amide bonds. The molecule has 4 heteroatoms.